The van der Waals surface area contributed by atoms with E-state index in [9.17, 15) is 0 Å². The summed E-state index contributed by atoms with van der Waals surface area (Å²) in [5, 5.41) is 0. The van der Waals surface area contributed by atoms with Gasteiger partial charge in [0.05, 0.1) is 24.6 Å². The Balaban J connectivity index is 1.20. The summed E-state index contributed by atoms with van der Waals surface area (Å²) in [5.74, 6) is 1.90. The normalized spacial score (nSPS) is 18.7. The van der Waals surface area contributed by atoms with Crippen molar-refractivity contribution in [2.45, 2.75) is 40.0 Å². The predicted octanol–water partition coefficient (Wildman–Crippen LogP) is 4.10. The first-order chi connectivity index (χ1) is 17.5. The Labute approximate surface area is 214 Å². The smallest absolute Gasteiger partial charge is 0.151 e. The fourth-order valence-corrected chi connectivity index (χ4v) is 5.63. The van der Waals surface area contributed by atoms with Crippen molar-refractivity contribution >= 4 is 5.69 Å². The fraction of sp³-hybridized carbons (Fsp3) is 0.483. The van der Waals surface area contributed by atoms with Crippen molar-refractivity contribution in [3.05, 3.63) is 59.7 Å². The minimum atomic E-state index is 0.500. The third kappa shape index (κ3) is 4.63. The van der Waals surface area contributed by atoms with Crippen LogP contribution in [0.3, 0.4) is 0 Å². The van der Waals surface area contributed by atoms with Gasteiger partial charge in [-0.15, -0.1) is 0 Å². The molecule has 3 aliphatic heterocycles. The molecule has 0 bridgehead atoms. The molecule has 7 nitrogen and oxygen atoms in total. The third-order valence-corrected chi connectivity index (χ3v) is 7.83. The van der Waals surface area contributed by atoms with E-state index in [-0.39, 0.29) is 0 Å². The van der Waals surface area contributed by atoms with E-state index in [0.29, 0.717) is 12.6 Å². The molecule has 6 rings (SSSR count). The van der Waals surface area contributed by atoms with Crippen LogP contribution in [0.4, 0.5) is 5.69 Å². The van der Waals surface area contributed by atoms with Crippen molar-refractivity contribution in [1.82, 2.24) is 19.4 Å². The van der Waals surface area contributed by atoms with Gasteiger partial charge in [-0.1, -0.05) is 12.1 Å². The minimum Gasteiger partial charge on any atom is -0.483 e. The lowest BCUT2D eigenvalue weighted by Gasteiger charge is -2.38. The summed E-state index contributed by atoms with van der Waals surface area (Å²) in [6.07, 6.45) is 2.18. The van der Waals surface area contributed by atoms with Gasteiger partial charge in [0.2, 0.25) is 0 Å². The molecule has 2 saturated heterocycles. The van der Waals surface area contributed by atoms with Gasteiger partial charge in [-0.05, 0) is 61.7 Å². The summed E-state index contributed by atoms with van der Waals surface area (Å²) >= 11 is 0. The number of nitrogens with zero attached hydrogens (tertiary/aromatic N) is 5. The van der Waals surface area contributed by atoms with Crippen LogP contribution < -0.4 is 9.64 Å². The number of morpholine rings is 1. The van der Waals surface area contributed by atoms with Gasteiger partial charge < -0.3 is 14.4 Å². The lowest BCUT2D eigenvalue weighted by molar-refractivity contribution is 0.0337. The van der Waals surface area contributed by atoms with Crippen LogP contribution in [0.2, 0.25) is 0 Å². The Morgan fingerprint density at radius 3 is 2.42 bits per heavy atom. The Kier molecular flexibility index (Phi) is 6.46. The van der Waals surface area contributed by atoms with E-state index in [4.69, 9.17) is 14.5 Å². The van der Waals surface area contributed by atoms with E-state index in [1.807, 2.05) is 0 Å². The highest BCUT2D eigenvalue weighted by atomic mass is 16.5. The second kappa shape index (κ2) is 9.88. The van der Waals surface area contributed by atoms with Crippen molar-refractivity contribution in [2.24, 2.45) is 0 Å². The van der Waals surface area contributed by atoms with Crippen LogP contribution in [0.15, 0.2) is 42.6 Å². The number of piperazine rings is 1. The van der Waals surface area contributed by atoms with Gasteiger partial charge in [0.15, 0.2) is 5.82 Å². The van der Waals surface area contributed by atoms with E-state index >= 15 is 0 Å². The fourth-order valence-electron chi connectivity index (χ4n) is 5.63. The van der Waals surface area contributed by atoms with Crippen molar-refractivity contribution in [2.75, 3.05) is 57.4 Å². The number of hydrogen-bond donors (Lipinski definition) is 0. The lowest BCUT2D eigenvalue weighted by atomic mass is 9.98. The van der Waals surface area contributed by atoms with Gasteiger partial charge in [-0.3, -0.25) is 14.4 Å². The summed E-state index contributed by atoms with van der Waals surface area (Å²) in [4.78, 5) is 12.3. The molecule has 4 heterocycles. The van der Waals surface area contributed by atoms with Gasteiger partial charge in [0.1, 0.15) is 12.4 Å². The van der Waals surface area contributed by atoms with Gasteiger partial charge >= 0.3 is 0 Å². The van der Waals surface area contributed by atoms with E-state index in [1.165, 1.54) is 22.4 Å². The van der Waals surface area contributed by atoms with Gasteiger partial charge in [-0.25, -0.2) is 4.98 Å². The first-order valence-electron chi connectivity index (χ1n) is 13.3. The average molecular weight is 488 g/mol. The number of fused-ring (bicyclic) bond motifs is 3. The molecule has 1 aromatic heterocycles. The van der Waals surface area contributed by atoms with Gasteiger partial charge in [0.25, 0.3) is 0 Å². The van der Waals surface area contributed by atoms with Crippen LogP contribution in [0.25, 0.3) is 16.8 Å². The van der Waals surface area contributed by atoms with E-state index < -0.39 is 0 Å². The molecule has 0 radical (unpaired) electrons. The number of aryl methyl sites for hydroxylation is 1. The number of ether oxygens (including phenoxy) is 2. The molecule has 0 atom stereocenters. The van der Waals surface area contributed by atoms with E-state index in [0.717, 1.165) is 82.0 Å². The molecule has 0 N–H and O–H groups in total. The molecule has 0 aliphatic carbocycles. The van der Waals surface area contributed by atoms with Crippen LogP contribution in [0, 0.1) is 6.92 Å². The number of hydrogen-bond acceptors (Lipinski definition) is 6. The van der Waals surface area contributed by atoms with Gasteiger partial charge in [0, 0.05) is 63.7 Å². The minimum absolute atomic E-state index is 0.500. The molecule has 36 heavy (non-hydrogen) atoms. The maximum Gasteiger partial charge on any atom is 0.151 e. The van der Waals surface area contributed by atoms with Crippen molar-refractivity contribution in [1.29, 1.82) is 0 Å². The second-order valence-corrected chi connectivity index (χ2v) is 10.5. The topological polar surface area (TPSA) is 46.0 Å². The van der Waals surface area contributed by atoms with Crippen LogP contribution in [-0.4, -0.2) is 77.9 Å². The summed E-state index contributed by atoms with van der Waals surface area (Å²) in [6, 6.07) is 14.1. The predicted molar refractivity (Wildman–Crippen MR) is 143 cm³/mol. The summed E-state index contributed by atoms with van der Waals surface area (Å²) in [6.45, 7) is 16.1. The quantitative estimate of drug-likeness (QED) is 0.540. The summed E-state index contributed by atoms with van der Waals surface area (Å²) in [5.41, 5.74) is 7.18. The zero-order valence-corrected chi connectivity index (χ0v) is 21.7. The molecule has 3 aromatic rings. The largest absolute Gasteiger partial charge is 0.483 e. The highest BCUT2D eigenvalue weighted by Crippen LogP contribution is 2.37. The average Bonchev–Trinajstić information content (AvgIpc) is 3.32. The van der Waals surface area contributed by atoms with E-state index in [2.05, 4.69) is 82.6 Å². The molecule has 7 heteroatoms. The summed E-state index contributed by atoms with van der Waals surface area (Å²) in [7, 11) is 0. The highest BCUT2D eigenvalue weighted by molar-refractivity contribution is 5.74. The molecule has 190 valence electrons. The summed E-state index contributed by atoms with van der Waals surface area (Å²) < 4.78 is 13.9. The second-order valence-electron chi connectivity index (χ2n) is 10.5. The first kappa shape index (κ1) is 23.5. The van der Waals surface area contributed by atoms with Crippen molar-refractivity contribution < 1.29 is 9.47 Å². The zero-order valence-electron chi connectivity index (χ0n) is 21.7. The Bertz CT molecular complexity index is 1210. The molecular weight excluding hydrogens is 450 g/mol. The number of benzene rings is 2. The maximum absolute atomic E-state index is 6.19. The van der Waals surface area contributed by atoms with Crippen molar-refractivity contribution in [3.63, 3.8) is 0 Å². The molecular formula is C29H37N5O2. The van der Waals surface area contributed by atoms with Crippen LogP contribution >= 0.6 is 0 Å². The third-order valence-electron chi connectivity index (χ3n) is 7.83. The zero-order chi connectivity index (χ0) is 24.6. The molecule has 3 aliphatic rings. The van der Waals surface area contributed by atoms with E-state index in [1.54, 1.807) is 0 Å². The molecule has 0 spiro atoms. The lowest BCUT2D eigenvalue weighted by Crippen LogP contribution is -2.48. The van der Waals surface area contributed by atoms with Crippen LogP contribution in [-0.2, 0) is 17.9 Å². The highest BCUT2D eigenvalue weighted by Gasteiger charge is 2.23. The number of aromatic nitrogens is 2. The monoisotopic (exact) mass is 487 g/mol. The maximum atomic E-state index is 6.19. The standard InChI is InChI=1S/C29H37N5O2/c1-21(2)32-8-10-33(11-9-32)25-6-4-23(5-7-25)26-17-28-27(16-22(26)3)34-19-24(30-29(34)20-36-28)18-31-12-14-35-15-13-31/h4-7,16-17,19,21H,8-15,18,20H2,1-3H3. The molecule has 0 saturated carbocycles. The first-order valence-corrected chi connectivity index (χ1v) is 13.3. The van der Waals surface area contributed by atoms with Crippen LogP contribution in [0.1, 0.15) is 30.9 Å². The molecule has 0 unspecified atom stereocenters. The Morgan fingerprint density at radius 1 is 0.944 bits per heavy atom. The Hall–Kier alpha value is -2.87. The molecule has 0 amide bonds. The number of rotatable bonds is 5. The van der Waals surface area contributed by atoms with Gasteiger partial charge in [-0.2, -0.15) is 0 Å². The van der Waals surface area contributed by atoms with Crippen molar-refractivity contribution in [3.8, 4) is 22.6 Å². The SMILES string of the molecule is Cc1cc2c(cc1-c1ccc(N3CCN(C(C)C)CC3)cc1)OCc1nc(CN3CCOCC3)cn1-2. The van der Waals surface area contributed by atoms with Crippen LogP contribution in [0.5, 0.6) is 5.75 Å². The molecule has 2 aromatic carbocycles. The number of imidazole rings is 1. The Morgan fingerprint density at radius 2 is 1.69 bits per heavy atom. The number of anilines is 1. The molecule has 2 fully saturated rings.